The lowest BCUT2D eigenvalue weighted by Crippen LogP contribution is -2.26. The van der Waals surface area contributed by atoms with E-state index in [1.807, 2.05) is 20.8 Å². The van der Waals surface area contributed by atoms with Crippen molar-refractivity contribution in [3.05, 3.63) is 0 Å². The van der Waals surface area contributed by atoms with E-state index in [9.17, 15) is 5.11 Å². The Bertz CT molecular complexity index is 158. The van der Waals surface area contributed by atoms with Crippen molar-refractivity contribution in [3.8, 4) is 12.3 Å². The molecule has 0 fully saturated rings. The van der Waals surface area contributed by atoms with Crippen molar-refractivity contribution in [1.82, 2.24) is 0 Å². The van der Waals surface area contributed by atoms with Gasteiger partial charge in [-0.15, -0.1) is 6.42 Å². The van der Waals surface area contributed by atoms with Gasteiger partial charge in [-0.2, -0.15) is 0 Å². The van der Waals surface area contributed by atoms with Gasteiger partial charge in [0.25, 0.3) is 0 Å². The van der Waals surface area contributed by atoms with Crippen LogP contribution in [0, 0.1) is 24.2 Å². The molecule has 12 heavy (non-hydrogen) atoms. The van der Waals surface area contributed by atoms with Crippen molar-refractivity contribution in [2.75, 3.05) is 0 Å². The lowest BCUT2D eigenvalue weighted by atomic mass is 9.90. The van der Waals surface area contributed by atoms with Crippen LogP contribution in [0.3, 0.4) is 0 Å². The van der Waals surface area contributed by atoms with Crippen molar-refractivity contribution in [3.63, 3.8) is 0 Å². The van der Waals surface area contributed by atoms with Crippen molar-refractivity contribution in [2.45, 2.75) is 39.4 Å². The first-order valence-corrected chi connectivity index (χ1v) is 4.31. The first-order chi connectivity index (χ1) is 5.49. The Morgan fingerprint density at radius 2 is 1.75 bits per heavy atom. The molecule has 0 heterocycles. The monoisotopic (exact) mass is 170 g/mol. The van der Waals surface area contributed by atoms with E-state index in [1.54, 1.807) is 0 Å². The lowest BCUT2D eigenvalue weighted by Gasteiger charge is -2.22. The van der Waals surface area contributed by atoms with Crippen LogP contribution in [-0.4, -0.2) is 22.4 Å². The van der Waals surface area contributed by atoms with Crippen LogP contribution in [0.4, 0.5) is 0 Å². The summed E-state index contributed by atoms with van der Waals surface area (Å²) in [4.78, 5) is 0. The smallest absolute Gasteiger partial charge is 0.114 e. The summed E-state index contributed by atoms with van der Waals surface area (Å²) in [6.07, 6.45) is 4.37. The van der Waals surface area contributed by atoms with Gasteiger partial charge in [0.2, 0.25) is 0 Å². The van der Waals surface area contributed by atoms with E-state index in [2.05, 4.69) is 5.92 Å². The molecule has 0 saturated carbocycles. The van der Waals surface area contributed by atoms with Gasteiger partial charge in [-0.25, -0.2) is 0 Å². The third-order valence-corrected chi connectivity index (χ3v) is 2.05. The minimum atomic E-state index is -0.728. The molecule has 2 N–H and O–H groups in total. The summed E-state index contributed by atoms with van der Waals surface area (Å²) in [7, 11) is 0. The van der Waals surface area contributed by atoms with Gasteiger partial charge in [0.1, 0.15) is 6.10 Å². The predicted molar refractivity (Wildman–Crippen MR) is 49.5 cm³/mol. The topological polar surface area (TPSA) is 40.5 Å². The highest BCUT2D eigenvalue weighted by Gasteiger charge is 2.19. The van der Waals surface area contributed by atoms with E-state index >= 15 is 0 Å². The highest BCUT2D eigenvalue weighted by molar-refractivity contribution is 4.94. The summed E-state index contributed by atoms with van der Waals surface area (Å²) in [5, 5.41) is 18.7. The summed E-state index contributed by atoms with van der Waals surface area (Å²) in [6.45, 7) is 5.79. The molecule has 2 nitrogen and oxygen atoms in total. The number of hydrogen-bond acceptors (Lipinski definition) is 2. The Morgan fingerprint density at radius 3 is 2.08 bits per heavy atom. The van der Waals surface area contributed by atoms with E-state index < -0.39 is 6.10 Å². The van der Waals surface area contributed by atoms with Gasteiger partial charge >= 0.3 is 0 Å². The van der Waals surface area contributed by atoms with Crippen molar-refractivity contribution >= 4 is 0 Å². The molecule has 0 saturated heterocycles. The van der Waals surface area contributed by atoms with Crippen LogP contribution in [0.25, 0.3) is 0 Å². The van der Waals surface area contributed by atoms with Crippen molar-refractivity contribution in [1.29, 1.82) is 0 Å². The first-order valence-electron chi connectivity index (χ1n) is 4.31. The van der Waals surface area contributed by atoms with E-state index in [0.717, 1.165) is 0 Å². The van der Waals surface area contributed by atoms with Crippen LogP contribution in [0.1, 0.15) is 27.2 Å². The second kappa shape index (κ2) is 5.18. The van der Waals surface area contributed by atoms with Crippen LogP contribution < -0.4 is 0 Å². The third-order valence-electron chi connectivity index (χ3n) is 2.05. The normalized spacial score (nSPS) is 18.4. The molecular formula is C10H18O2. The predicted octanol–water partition coefficient (Wildman–Crippen LogP) is 1.02. The highest BCUT2D eigenvalue weighted by atomic mass is 16.3. The highest BCUT2D eigenvalue weighted by Crippen LogP contribution is 2.17. The van der Waals surface area contributed by atoms with Gasteiger partial charge in [0.05, 0.1) is 6.10 Å². The number of hydrogen-bond donors (Lipinski definition) is 2. The fourth-order valence-electron chi connectivity index (χ4n) is 1.22. The molecule has 0 aliphatic carbocycles. The number of terminal acetylenes is 1. The molecule has 3 atom stereocenters. The average Bonchev–Trinajstić information content (AvgIpc) is 2.02. The molecule has 2 heteroatoms. The molecule has 0 spiro atoms. The zero-order chi connectivity index (χ0) is 9.72. The maximum absolute atomic E-state index is 9.56. The lowest BCUT2D eigenvalue weighted by molar-refractivity contribution is 0.0512. The summed E-state index contributed by atoms with van der Waals surface area (Å²) < 4.78 is 0. The molecule has 1 unspecified atom stereocenters. The fraction of sp³-hybridized carbons (Fsp3) is 0.800. The number of rotatable bonds is 4. The van der Waals surface area contributed by atoms with Gasteiger partial charge in [0, 0.05) is 0 Å². The molecule has 0 aliphatic rings. The van der Waals surface area contributed by atoms with Crippen LogP contribution in [-0.2, 0) is 0 Å². The van der Waals surface area contributed by atoms with E-state index in [-0.39, 0.29) is 17.9 Å². The van der Waals surface area contributed by atoms with Crippen LogP contribution in [0.15, 0.2) is 0 Å². The van der Waals surface area contributed by atoms with Gasteiger partial charge in [-0.05, 0) is 18.3 Å². The fourth-order valence-corrected chi connectivity index (χ4v) is 1.22. The minimum Gasteiger partial charge on any atom is -0.393 e. The molecule has 0 aliphatic heterocycles. The third kappa shape index (κ3) is 3.75. The SMILES string of the molecule is C#CC(O)C[C@@H](C)[C@@H](O)C(C)C. The Hall–Kier alpha value is -0.520. The molecule has 0 aromatic rings. The summed E-state index contributed by atoms with van der Waals surface area (Å²) >= 11 is 0. The molecule has 0 aromatic carbocycles. The molecule has 0 aromatic heterocycles. The molecule has 0 amide bonds. The Labute approximate surface area is 74.6 Å². The van der Waals surface area contributed by atoms with E-state index in [1.165, 1.54) is 0 Å². The zero-order valence-corrected chi connectivity index (χ0v) is 7.99. The van der Waals surface area contributed by atoms with Crippen molar-refractivity contribution < 1.29 is 10.2 Å². The second-order valence-corrected chi connectivity index (χ2v) is 3.63. The van der Waals surface area contributed by atoms with Crippen LogP contribution in [0.5, 0.6) is 0 Å². The minimum absolute atomic E-state index is 0.0519. The molecule has 70 valence electrons. The Morgan fingerprint density at radius 1 is 1.25 bits per heavy atom. The standard InChI is InChI=1S/C10H18O2/c1-5-9(11)6-8(4)10(12)7(2)3/h1,7-12H,6H2,2-4H3/t8-,9?,10+/m1/s1. The molecular weight excluding hydrogens is 152 g/mol. The maximum atomic E-state index is 9.56. The number of aliphatic hydroxyl groups excluding tert-OH is 2. The van der Waals surface area contributed by atoms with Crippen LogP contribution >= 0.6 is 0 Å². The number of aliphatic hydroxyl groups is 2. The largest absolute Gasteiger partial charge is 0.393 e. The van der Waals surface area contributed by atoms with Crippen molar-refractivity contribution in [2.24, 2.45) is 11.8 Å². The van der Waals surface area contributed by atoms with Gasteiger partial charge in [-0.1, -0.05) is 26.7 Å². The quantitative estimate of drug-likeness (QED) is 0.618. The van der Waals surface area contributed by atoms with Gasteiger partial charge in [0.15, 0.2) is 0 Å². The summed E-state index contributed by atoms with van der Waals surface area (Å²) in [5.74, 6) is 2.50. The van der Waals surface area contributed by atoms with Gasteiger partial charge in [-0.3, -0.25) is 0 Å². The second-order valence-electron chi connectivity index (χ2n) is 3.63. The van der Waals surface area contributed by atoms with E-state index in [0.29, 0.717) is 6.42 Å². The first kappa shape index (κ1) is 11.5. The summed E-state index contributed by atoms with van der Waals surface area (Å²) in [6, 6.07) is 0. The Kier molecular flexibility index (Phi) is 4.96. The molecule has 0 rings (SSSR count). The maximum Gasteiger partial charge on any atom is 0.114 e. The van der Waals surface area contributed by atoms with Gasteiger partial charge < -0.3 is 10.2 Å². The average molecular weight is 170 g/mol. The molecule has 0 radical (unpaired) electrons. The zero-order valence-electron chi connectivity index (χ0n) is 7.99. The Balaban J connectivity index is 3.88. The molecule has 0 bridgehead atoms. The van der Waals surface area contributed by atoms with E-state index in [4.69, 9.17) is 11.5 Å². The van der Waals surface area contributed by atoms with Crippen LogP contribution in [0.2, 0.25) is 0 Å². The summed E-state index contributed by atoms with van der Waals surface area (Å²) in [5.41, 5.74) is 0.